The van der Waals surface area contributed by atoms with Crippen LogP contribution in [0.1, 0.15) is 12.6 Å². The molecule has 1 heterocycles. The van der Waals surface area contributed by atoms with Gasteiger partial charge in [-0.2, -0.15) is 5.10 Å². The third-order valence-electron chi connectivity index (χ3n) is 2.22. The molecule has 0 radical (unpaired) electrons. The van der Waals surface area contributed by atoms with E-state index >= 15 is 0 Å². The van der Waals surface area contributed by atoms with Crippen molar-refractivity contribution in [3.05, 3.63) is 40.2 Å². The number of H-pyrrole nitrogens is 1. The first-order chi connectivity index (χ1) is 7.20. The van der Waals surface area contributed by atoms with Gasteiger partial charge in [0.25, 0.3) is 0 Å². The summed E-state index contributed by atoms with van der Waals surface area (Å²) in [6, 6.07) is 6.56. The smallest absolute Gasteiger partial charge is 0.124 e. The predicted molar refractivity (Wildman–Crippen MR) is 61.1 cm³/mol. The van der Waals surface area contributed by atoms with Gasteiger partial charge in [-0.1, -0.05) is 6.92 Å². The van der Waals surface area contributed by atoms with E-state index in [0.29, 0.717) is 0 Å². The average molecular weight is 269 g/mol. The van der Waals surface area contributed by atoms with Gasteiger partial charge in [0.05, 0.1) is 5.69 Å². The number of aromatic amines is 1. The number of aryl methyl sites for hydroxylation is 1. The molecule has 78 valence electrons. The maximum absolute atomic E-state index is 12.9. The first-order valence-corrected chi connectivity index (χ1v) is 5.49. The van der Waals surface area contributed by atoms with Crippen molar-refractivity contribution in [2.24, 2.45) is 0 Å². The van der Waals surface area contributed by atoms with Crippen molar-refractivity contribution < 1.29 is 4.39 Å². The predicted octanol–water partition coefficient (Wildman–Crippen LogP) is 3.54. The summed E-state index contributed by atoms with van der Waals surface area (Å²) in [6.45, 7) is 2.05. The van der Waals surface area contributed by atoms with Crippen LogP contribution >= 0.6 is 15.9 Å². The number of nitrogens with zero attached hydrogens (tertiary/aromatic N) is 1. The second-order valence-corrected chi connectivity index (χ2v) is 4.11. The highest BCUT2D eigenvalue weighted by molar-refractivity contribution is 9.10. The SMILES string of the molecule is CCc1cc(-c2ccc(F)cc2Br)n[nH]1. The first-order valence-electron chi connectivity index (χ1n) is 4.70. The number of rotatable bonds is 2. The minimum Gasteiger partial charge on any atom is -0.282 e. The molecule has 2 aromatic rings. The molecule has 0 aliphatic carbocycles. The zero-order chi connectivity index (χ0) is 10.8. The summed E-state index contributed by atoms with van der Waals surface area (Å²) in [5.41, 5.74) is 2.80. The Morgan fingerprint density at radius 1 is 1.40 bits per heavy atom. The van der Waals surface area contributed by atoms with Crippen LogP contribution in [0.15, 0.2) is 28.7 Å². The molecular formula is C11H10BrFN2. The molecule has 0 aliphatic rings. The molecule has 15 heavy (non-hydrogen) atoms. The molecule has 0 unspecified atom stereocenters. The van der Waals surface area contributed by atoms with Crippen LogP contribution in [0.4, 0.5) is 4.39 Å². The number of halogens is 2. The van der Waals surface area contributed by atoms with E-state index in [2.05, 4.69) is 33.1 Å². The van der Waals surface area contributed by atoms with E-state index < -0.39 is 0 Å². The standard InChI is InChI=1S/C11H10BrFN2/c1-2-8-6-11(15-14-8)9-4-3-7(13)5-10(9)12/h3-6H,2H2,1H3,(H,14,15). The van der Waals surface area contributed by atoms with Crippen LogP contribution in [-0.4, -0.2) is 10.2 Å². The van der Waals surface area contributed by atoms with E-state index in [4.69, 9.17) is 0 Å². The number of benzene rings is 1. The Labute approximate surface area is 95.6 Å². The Morgan fingerprint density at radius 3 is 2.80 bits per heavy atom. The monoisotopic (exact) mass is 268 g/mol. The number of hydrogen-bond donors (Lipinski definition) is 1. The average Bonchev–Trinajstić information content (AvgIpc) is 2.66. The van der Waals surface area contributed by atoms with Gasteiger partial charge in [-0.05, 0) is 46.6 Å². The lowest BCUT2D eigenvalue weighted by molar-refractivity contribution is 0.627. The highest BCUT2D eigenvalue weighted by Crippen LogP contribution is 2.27. The van der Waals surface area contributed by atoms with Gasteiger partial charge in [0.15, 0.2) is 0 Å². The van der Waals surface area contributed by atoms with Gasteiger partial charge < -0.3 is 0 Å². The molecule has 0 amide bonds. The van der Waals surface area contributed by atoms with Gasteiger partial charge in [0.2, 0.25) is 0 Å². The fourth-order valence-electron chi connectivity index (χ4n) is 1.38. The summed E-state index contributed by atoms with van der Waals surface area (Å²) in [5, 5.41) is 7.10. The molecule has 1 N–H and O–H groups in total. The lowest BCUT2D eigenvalue weighted by Crippen LogP contribution is -1.82. The zero-order valence-corrected chi connectivity index (χ0v) is 9.81. The van der Waals surface area contributed by atoms with Crippen LogP contribution in [0, 0.1) is 5.82 Å². The van der Waals surface area contributed by atoms with Gasteiger partial charge >= 0.3 is 0 Å². The molecule has 2 rings (SSSR count). The summed E-state index contributed by atoms with van der Waals surface area (Å²) in [7, 11) is 0. The van der Waals surface area contributed by atoms with Crippen molar-refractivity contribution >= 4 is 15.9 Å². The fraction of sp³-hybridized carbons (Fsp3) is 0.182. The van der Waals surface area contributed by atoms with Crippen molar-refractivity contribution in [3.8, 4) is 11.3 Å². The lowest BCUT2D eigenvalue weighted by Gasteiger charge is -1.99. The molecule has 0 aliphatic heterocycles. The van der Waals surface area contributed by atoms with E-state index in [9.17, 15) is 4.39 Å². The number of nitrogens with one attached hydrogen (secondary N) is 1. The van der Waals surface area contributed by atoms with Gasteiger partial charge in [0, 0.05) is 15.7 Å². The summed E-state index contributed by atoms with van der Waals surface area (Å²) in [5.74, 6) is -0.253. The van der Waals surface area contributed by atoms with E-state index in [0.717, 1.165) is 27.8 Å². The summed E-state index contributed by atoms with van der Waals surface area (Å²) in [4.78, 5) is 0. The third kappa shape index (κ3) is 2.09. The van der Waals surface area contributed by atoms with Crippen molar-refractivity contribution in [3.63, 3.8) is 0 Å². The normalized spacial score (nSPS) is 10.6. The maximum atomic E-state index is 12.9. The van der Waals surface area contributed by atoms with Gasteiger partial charge in [-0.15, -0.1) is 0 Å². The lowest BCUT2D eigenvalue weighted by atomic mass is 10.1. The molecule has 0 bridgehead atoms. The Kier molecular flexibility index (Phi) is 2.86. The highest BCUT2D eigenvalue weighted by atomic mass is 79.9. The van der Waals surface area contributed by atoms with Crippen molar-refractivity contribution in [2.75, 3.05) is 0 Å². The Balaban J connectivity index is 2.44. The molecule has 1 aromatic heterocycles. The first kappa shape index (κ1) is 10.4. The van der Waals surface area contributed by atoms with Crippen LogP contribution in [-0.2, 0) is 6.42 Å². The molecule has 0 fully saturated rings. The summed E-state index contributed by atoms with van der Waals surface area (Å²) in [6.07, 6.45) is 0.909. The Bertz CT molecular complexity index is 479. The summed E-state index contributed by atoms with van der Waals surface area (Å²) >= 11 is 3.32. The fourth-order valence-corrected chi connectivity index (χ4v) is 1.93. The van der Waals surface area contributed by atoms with E-state index in [1.165, 1.54) is 12.1 Å². The van der Waals surface area contributed by atoms with Crippen LogP contribution in [0.5, 0.6) is 0 Å². The zero-order valence-electron chi connectivity index (χ0n) is 8.22. The van der Waals surface area contributed by atoms with Gasteiger partial charge in [-0.3, -0.25) is 5.10 Å². The minimum absolute atomic E-state index is 0.253. The molecule has 0 saturated carbocycles. The molecule has 0 atom stereocenters. The highest BCUT2D eigenvalue weighted by Gasteiger charge is 2.07. The van der Waals surface area contributed by atoms with Crippen LogP contribution in [0.3, 0.4) is 0 Å². The van der Waals surface area contributed by atoms with E-state index in [1.54, 1.807) is 6.07 Å². The Morgan fingerprint density at radius 2 is 2.20 bits per heavy atom. The van der Waals surface area contributed by atoms with Crippen molar-refractivity contribution in [1.29, 1.82) is 0 Å². The van der Waals surface area contributed by atoms with Gasteiger partial charge in [0.1, 0.15) is 5.82 Å². The summed E-state index contributed by atoms with van der Waals surface area (Å²) < 4.78 is 13.6. The molecule has 1 aromatic carbocycles. The Hall–Kier alpha value is -1.16. The third-order valence-corrected chi connectivity index (χ3v) is 2.87. The molecule has 0 saturated heterocycles. The van der Waals surface area contributed by atoms with Crippen LogP contribution in [0.25, 0.3) is 11.3 Å². The second kappa shape index (κ2) is 4.14. The number of hydrogen-bond acceptors (Lipinski definition) is 1. The van der Waals surface area contributed by atoms with Crippen molar-refractivity contribution in [1.82, 2.24) is 10.2 Å². The van der Waals surface area contributed by atoms with E-state index in [1.807, 2.05) is 6.07 Å². The maximum Gasteiger partial charge on any atom is 0.124 e. The topological polar surface area (TPSA) is 28.7 Å². The quantitative estimate of drug-likeness (QED) is 0.887. The molecule has 4 heteroatoms. The second-order valence-electron chi connectivity index (χ2n) is 3.26. The van der Waals surface area contributed by atoms with E-state index in [-0.39, 0.29) is 5.82 Å². The van der Waals surface area contributed by atoms with Crippen LogP contribution < -0.4 is 0 Å². The van der Waals surface area contributed by atoms with Crippen LogP contribution in [0.2, 0.25) is 0 Å². The van der Waals surface area contributed by atoms with Crippen molar-refractivity contribution in [2.45, 2.75) is 13.3 Å². The minimum atomic E-state index is -0.253. The molecule has 2 nitrogen and oxygen atoms in total. The largest absolute Gasteiger partial charge is 0.282 e. The van der Waals surface area contributed by atoms with Gasteiger partial charge in [-0.25, -0.2) is 4.39 Å². The number of aromatic nitrogens is 2. The molecular weight excluding hydrogens is 259 g/mol. The molecule has 0 spiro atoms.